The van der Waals surface area contributed by atoms with Crippen molar-refractivity contribution in [3.8, 4) is 10.8 Å². The van der Waals surface area contributed by atoms with E-state index in [-0.39, 0.29) is 12.7 Å². The third-order valence-electron chi connectivity index (χ3n) is 2.21. The summed E-state index contributed by atoms with van der Waals surface area (Å²) >= 11 is 1.34. The van der Waals surface area contributed by atoms with E-state index in [4.69, 9.17) is 13.9 Å². The largest absolute Gasteiger partial charge is 0.462 e. The highest BCUT2D eigenvalue weighted by Gasteiger charge is 2.14. The van der Waals surface area contributed by atoms with Crippen molar-refractivity contribution in [3.05, 3.63) is 29.5 Å². The molecule has 0 aliphatic carbocycles. The Labute approximate surface area is 115 Å². The lowest BCUT2D eigenvalue weighted by atomic mass is 10.4. The summed E-state index contributed by atoms with van der Waals surface area (Å²) in [5.41, 5.74) is 0.293. The summed E-state index contributed by atoms with van der Waals surface area (Å²) in [6, 6.07) is 3.57. The van der Waals surface area contributed by atoms with Crippen LogP contribution in [0.15, 0.2) is 28.2 Å². The second-order valence-electron chi connectivity index (χ2n) is 4.07. The average molecular weight is 281 g/mol. The number of hydrogen-bond acceptors (Lipinski definition) is 6. The molecule has 0 aromatic carbocycles. The van der Waals surface area contributed by atoms with E-state index in [9.17, 15) is 4.79 Å². The Bertz CT molecular complexity index is 518. The van der Waals surface area contributed by atoms with Crippen molar-refractivity contribution in [2.45, 2.75) is 20.0 Å². The molecular weight excluding hydrogens is 266 g/mol. The SMILES string of the molecule is CC(C)OCCOC(=O)c1csc(-c2ccco2)n1. The summed E-state index contributed by atoms with van der Waals surface area (Å²) in [5.74, 6) is 0.202. The number of esters is 1. The molecule has 0 saturated heterocycles. The van der Waals surface area contributed by atoms with Gasteiger partial charge in [0.05, 0.1) is 19.0 Å². The third kappa shape index (κ3) is 3.90. The van der Waals surface area contributed by atoms with Crippen LogP contribution in [-0.4, -0.2) is 30.3 Å². The van der Waals surface area contributed by atoms with E-state index in [1.165, 1.54) is 11.3 Å². The molecule has 0 saturated carbocycles. The zero-order chi connectivity index (χ0) is 13.7. The maximum absolute atomic E-state index is 11.7. The summed E-state index contributed by atoms with van der Waals surface area (Å²) in [6.07, 6.45) is 1.70. The van der Waals surface area contributed by atoms with Gasteiger partial charge >= 0.3 is 5.97 Å². The first kappa shape index (κ1) is 13.8. The van der Waals surface area contributed by atoms with Crippen molar-refractivity contribution >= 4 is 17.3 Å². The minimum atomic E-state index is -0.443. The standard InChI is InChI=1S/C13H15NO4S/c1-9(2)16-6-7-18-13(15)10-8-19-12(14-10)11-4-3-5-17-11/h3-5,8-9H,6-7H2,1-2H3. The van der Waals surface area contributed by atoms with Crippen molar-refractivity contribution in [3.63, 3.8) is 0 Å². The first-order valence-electron chi connectivity index (χ1n) is 5.95. The molecule has 0 radical (unpaired) electrons. The first-order chi connectivity index (χ1) is 9.16. The van der Waals surface area contributed by atoms with E-state index in [0.29, 0.717) is 23.1 Å². The minimum Gasteiger partial charge on any atom is -0.462 e. The number of ether oxygens (including phenoxy) is 2. The predicted molar refractivity (Wildman–Crippen MR) is 71.2 cm³/mol. The van der Waals surface area contributed by atoms with Gasteiger partial charge in [-0.05, 0) is 26.0 Å². The van der Waals surface area contributed by atoms with Gasteiger partial charge in [-0.2, -0.15) is 0 Å². The Morgan fingerprint density at radius 3 is 3.00 bits per heavy atom. The monoisotopic (exact) mass is 281 g/mol. The summed E-state index contributed by atoms with van der Waals surface area (Å²) in [7, 11) is 0. The molecule has 2 heterocycles. The maximum atomic E-state index is 11.7. The van der Waals surface area contributed by atoms with Crippen molar-refractivity contribution in [2.24, 2.45) is 0 Å². The van der Waals surface area contributed by atoms with Gasteiger partial charge < -0.3 is 13.9 Å². The lowest BCUT2D eigenvalue weighted by Crippen LogP contribution is -2.13. The molecule has 19 heavy (non-hydrogen) atoms. The molecule has 0 bridgehead atoms. The van der Waals surface area contributed by atoms with E-state index in [1.807, 2.05) is 13.8 Å². The molecule has 0 atom stereocenters. The molecule has 0 aliphatic rings. The molecule has 0 fully saturated rings. The lowest BCUT2D eigenvalue weighted by molar-refractivity contribution is 0.0173. The van der Waals surface area contributed by atoms with Crippen LogP contribution in [0.2, 0.25) is 0 Å². The fourth-order valence-electron chi connectivity index (χ4n) is 1.37. The molecule has 0 aliphatic heterocycles. The van der Waals surface area contributed by atoms with Crippen LogP contribution < -0.4 is 0 Å². The van der Waals surface area contributed by atoms with Crippen molar-refractivity contribution in [2.75, 3.05) is 13.2 Å². The number of aromatic nitrogens is 1. The van der Waals surface area contributed by atoms with Gasteiger partial charge in [-0.15, -0.1) is 11.3 Å². The topological polar surface area (TPSA) is 61.6 Å². The highest BCUT2D eigenvalue weighted by atomic mass is 32.1. The highest BCUT2D eigenvalue weighted by Crippen LogP contribution is 2.24. The van der Waals surface area contributed by atoms with Gasteiger partial charge in [0.2, 0.25) is 0 Å². The Balaban J connectivity index is 1.86. The van der Waals surface area contributed by atoms with Crippen LogP contribution in [0.1, 0.15) is 24.3 Å². The number of rotatable bonds is 6. The van der Waals surface area contributed by atoms with Crippen molar-refractivity contribution in [1.29, 1.82) is 0 Å². The van der Waals surface area contributed by atoms with Gasteiger partial charge in [0.15, 0.2) is 16.5 Å². The van der Waals surface area contributed by atoms with Crippen LogP contribution >= 0.6 is 11.3 Å². The second-order valence-corrected chi connectivity index (χ2v) is 4.93. The molecule has 6 heteroatoms. The number of furan rings is 1. The van der Waals surface area contributed by atoms with Crippen LogP contribution in [0.4, 0.5) is 0 Å². The highest BCUT2D eigenvalue weighted by molar-refractivity contribution is 7.13. The van der Waals surface area contributed by atoms with E-state index >= 15 is 0 Å². The first-order valence-corrected chi connectivity index (χ1v) is 6.83. The van der Waals surface area contributed by atoms with E-state index in [2.05, 4.69) is 4.98 Å². The summed E-state index contributed by atoms with van der Waals surface area (Å²) in [5, 5.41) is 2.32. The van der Waals surface area contributed by atoms with E-state index < -0.39 is 5.97 Å². The Morgan fingerprint density at radius 2 is 2.32 bits per heavy atom. The van der Waals surface area contributed by atoms with Gasteiger partial charge in [-0.1, -0.05) is 0 Å². The summed E-state index contributed by atoms with van der Waals surface area (Å²) in [4.78, 5) is 15.9. The molecule has 2 rings (SSSR count). The molecule has 2 aromatic rings. The summed E-state index contributed by atoms with van der Waals surface area (Å²) < 4.78 is 15.6. The second kappa shape index (κ2) is 6.49. The van der Waals surface area contributed by atoms with E-state index in [0.717, 1.165) is 0 Å². The van der Waals surface area contributed by atoms with Crippen molar-refractivity contribution < 1.29 is 18.7 Å². The number of nitrogens with zero attached hydrogens (tertiary/aromatic N) is 1. The van der Waals surface area contributed by atoms with Gasteiger partial charge in [0.25, 0.3) is 0 Å². The normalized spacial score (nSPS) is 10.9. The van der Waals surface area contributed by atoms with Gasteiger partial charge in [-0.3, -0.25) is 0 Å². The molecule has 0 N–H and O–H groups in total. The maximum Gasteiger partial charge on any atom is 0.357 e. The summed E-state index contributed by atoms with van der Waals surface area (Å²) in [6.45, 7) is 4.47. The molecule has 102 valence electrons. The molecular formula is C13H15NO4S. The molecule has 5 nitrogen and oxygen atoms in total. The number of carbonyl (C=O) groups is 1. The van der Waals surface area contributed by atoms with Crippen molar-refractivity contribution in [1.82, 2.24) is 4.98 Å². The van der Waals surface area contributed by atoms with E-state index in [1.54, 1.807) is 23.8 Å². The zero-order valence-electron chi connectivity index (χ0n) is 10.8. The number of hydrogen-bond donors (Lipinski definition) is 0. The Hall–Kier alpha value is -1.66. The van der Waals surface area contributed by atoms with Gasteiger partial charge in [0, 0.05) is 5.38 Å². The third-order valence-corrected chi connectivity index (χ3v) is 3.07. The van der Waals surface area contributed by atoms with Crippen LogP contribution in [0.5, 0.6) is 0 Å². The molecule has 0 spiro atoms. The van der Waals surface area contributed by atoms with Crippen LogP contribution in [0.3, 0.4) is 0 Å². The minimum absolute atomic E-state index is 0.128. The number of thiazole rings is 1. The van der Waals surface area contributed by atoms with Crippen LogP contribution in [0.25, 0.3) is 10.8 Å². The Morgan fingerprint density at radius 1 is 1.47 bits per heavy atom. The zero-order valence-corrected chi connectivity index (χ0v) is 11.6. The van der Waals surface area contributed by atoms with Crippen LogP contribution in [-0.2, 0) is 9.47 Å². The smallest absolute Gasteiger partial charge is 0.357 e. The fourth-order valence-corrected chi connectivity index (χ4v) is 2.13. The molecule has 2 aromatic heterocycles. The molecule has 0 amide bonds. The average Bonchev–Trinajstić information content (AvgIpc) is 3.03. The van der Waals surface area contributed by atoms with Crippen LogP contribution in [0, 0.1) is 0 Å². The Kier molecular flexibility index (Phi) is 4.70. The van der Waals surface area contributed by atoms with Gasteiger partial charge in [0.1, 0.15) is 6.61 Å². The quantitative estimate of drug-likeness (QED) is 0.601. The number of carbonyl (C=O) groups excluding carboxylic acids is 1. The predicted octanol–water partition coefficient (Wildman–Crippen LogP) is 2.98. The van der Waals surface area contributed by atoms with Gasteiger partial charge in [-0.25, -0.2) is 9.78 Å². The fraction of sp³-hybridized carbons (Fsp3) is 0.385. The lowest BCUT2D eigenvalue weighted by Gasteiger charge is -2.07. The molecule has 0 unspecified atom stereocenters.